The molecular formula is C24H27BrN3O4+. The third kappa shape index (κ3) is 6.43. The molecule has 0 fully saturated rings. The lowest BCUT2D eigenvalue weighted by atomic mass is 10.1. The molecule has 8 heteroatoms. The molecule has 0 saturated carbocycles. The molecule has 0 aliphatic heterocycles. The summed E-state index contributed by atoms with van der Waals surface area (Å²) < 4.78 is 13.8. The van der Waals surface area contributed by atoms with E-state index >= 15 is 0 Å². The minimum Gasteiger partial charge on any atom is -0.491 e. The maximum atomic E-state index is 12.3. The number of rotatable bonds is 9. The summed E-state index contributed by atoms with van der Waals surface area (Å²) in [6.45, 7) is 3.79. The standard InChI is InChI=1S/C24H26BrN3O4/c1-3-28-16-19(15-20(25)17-28)23(29)26-11-13-32-24(30)27(2)12-14-31-22-10-6-8-18-7-4-5-9-21(18)22/h4-10,15-17H,3,11-14H2,1-2H3/p+1. The van der Waals surface area contributed by atoms with Crippen molar-refractivity contribution in [3.05, 3.63) is 71.0 Å². The molecule has 0 spiro atoms. The first-order chi connectivity index (χ1) is 15.5. The second kappa shape index (κ2) is 11.5. The summed E-state index contributed by atoms with van der Waals surface area (Å²) >= 11 is 3.40. The SMILES string of the molecule is CC[n+]1cc(Br)cc(C(=O)NCCOC(=O)N(C)CCOc2cccc3ccccc23)c1. The topological polar surface area (TPSA) is 71.8 Å². The molecule has 1 heterocycles. The van der Waals surface area contributed by atoms with Crippen molar-refractivity contribution in [1.82, 2.24) is 10.2 Å². The van der Waals surface area contributed by atoms with Crippen molar-refractivity contribution in [3.63, 3.8) is 0 Å². The molecular weight excluding hydrogens is 474 g/mol. The number of pyridine rings is 1. The minimum absolute atomic E-state index is 0.0842. The van der Waals surface area contributed by atoms with E-state index in [1.807, 2.05) is 60.2 Å². The summed E-state index contributed by atoms with van der Waals surface area (Å²) in [6.07, 6.45) is 3.21. The van der Waals surface area contributed by atoms with Gasteiger partial charge in [-0.15, -0.1) is 0 Å². The van der Waals surface area contributed by atoms with Crippen LogP contribution in [0, 0.1) is 0 Å². The van der Waals surface area contributed by atoms with Crippen LogP contribution in [0.3, 0.4) is 0 Å². The number of likely N-dealkylation sites (N-methyl/N-ethyl adjacent to an activating group) is 1. The van der Waals surface area contributed by atoms with Gasteiger partial charge in [-0.3, -0.25) is 4.79 Å². The van der Waals surface area contributed by atoms with Gasteiger partial charge in [0.1, 0.15) is 31.1 Å². The maximum absolute atomic E-state index is 12.3. The third-order valence-electron chi connectivity index (χ3n) is 4.87. The Balaban J connectivity index is 1.38. The number of aryl methyl sites for hydroxylation is 1. The van der Waals surface area contributed by atoms with E-state index in [0.717, 1.165) is 27.5 Å². The fraction of sp³-hybridized carbons (Fsp3) is 0.292. The normalized spacial score (nSPS) is 10.6. The number of ether oxygens (including phenoxy) is 2. The van der Waals surface area contributed by atoms with E-state index in [-0.39, 0.29) is 19.1 Å². The number of nitrogens with zero attached hydrogens (tertiary/aromatic N) is 2. The van der Waals surface area contributed by atoms with E-state index < -0.39 is 6.09 Å². The Morgan fingerprint density at radius 3 is 2.69 bits per heavy atom. The summed E-state index contributed by atoms with van der Waals surface area (Å²) in [5.41, 5.74) is 0.537. The molecule has 0 bridgehead atoms. The van der Waals surface area contributed by atoms with Crippen molar-refractivity contribution in [2.45, 2.75) is 13.5 Å². The van der Waals surface area contributed by atoms with Crippen LogP contribution in [-0.4, -0.2) is 50.3 Å². The number of hydrogen-bond donors (Lipinski definition) is 1. The number of nitrogens with one attached hydrogen (secondary N) is 1. The molecule has 2 aromatic carbocycles. The van der Waals surface area contributed by atoms with Crippen LogP contribution in [0.5, 0.6) is 5.75 Å². The lowest BCUT2D eigenvalue weighted by Crippen LogP contribution is -2.36. The predicted molar refractivity (Wildman–Crippen MR) is 126 cm³/mol. The van der Waals surface area contributed by atoms with Gasteiger partial charge in [-0.25, -0.2) is 9.36 Å². The summed E-state index contributed by atoms with van der Waals surface area (Å²) in [5.74, 6) is 0.561. The van der Waals surface area contributed by atoms with Crippen LogP contribution in [0.25, 0.3) is 10.8 Å². The summed E-state index contributed by atoms with van der Waals surface area (Å²) in [4.78, 5) is 25.9. The maximum Gasteiger partial charge on any atom is 0.409 e. The zero-order valence-corrected chi connectivity index (χ0v) is 19.8. The average Bonchev–Trinajstić information content (AvgIpc) is 2.81. The van der Waals surface area contributed by atoms with Crippen LogP contribution in [0.1, 0.15) is 17.3 Å². The van der Waals surface area contributed by atoms with E-state index in [2.05, 4.69) is 21.2 Å². The molecule has 3 aromatic rings. The van der Waals surface area contributed by atoms with Crippen LogP contribution >= 0.6 is 15.9 Å². The molecule has 0 atom stereocenters. The largest absolute Gasteiger partial charge is 0.491 e. The molecule has 32 heavy (non-hydrogen) atoms. The number of fused-ring (bicyclic) bond motifs is 1. The molecule has 1 aromatic heterocycles. The summed E-state index contributed by atoms with van der Waals surface area (Å²) in [7, 11) is 1.65. The molecule has 3 rings (SSSR count). The number of carbonyl (C=O) groups excluding carboxylic acids is 2. The fourth-order valence-corrected chi connectivity index (χ4v) is 3.63. The van der Waals surface area contributed by atoms with E-state index in [1.54, 1.807) is 19.3 Å². The van der Waals surface area contributed by atoms with Crippen molar-refractivity contribution < 1.29 is 23.6 Å². The Bertz CT molecular complexity index is 1080. The monoisotopic (exact) mass is 500 g/mol. The van der Waals surface area contributed by atoms with Crippen LogP contribution in [0.15, 0.2) is 65.4 Å². The van der Waals surface area contributed by atoms with Gasteiger partial charge in [-0.1, -0.05) is 36.4 Å². The average molecular weight is 501 g/mol. The molecule has 0 saturated heterocycles. The van der Waals surface area contributed by atoms with Crippen molar-refractivity contribution >= 4 is 38.7 Å². The first-order valence-corrected chi connectivity index (χ1v) is 11.2. The zero-order chi connectivity index (χ0) is 22.9. The van der Waals surface area contributed by atoms with Crippen molar-refractivity contribution in [3.8, 4) is 5.75 Å². The minimum atomic E-state index is -0.466. The van der Waals surface area contributed by atoms with Crippen LogP contribution < -0.4 is 14.6 Å². The first-order valence-electron chi connectivity index (χ1n) is 10.4. The van der Waals surface area contributed by atoms with Gasteiger partial charge in [0.25, 0.3) is 5.91 Å². The zero-order valence-electron chi connectivity index (χ0n) is 18.2. The molecule has 0 aliphatic carbocycles. The van der Waals surface area contributed by atoms with E-state index in [4.69, 9.17) is 9.47 Å². The second-order valence-electron chi connectivity index (χ2n) is 7.19. The van der Waals surface area contributed by atoms with Gasteiger partial charge in [-0.2, -0.15) is 0 Å². The summed E-state index contributed by atoms with van der Waals surface area (Å²) in [6, 6.07) is 15.6. The van der Waals surface area contributed by atoms with Crippen LogP contribution in [-0.2, 0) is 11.3 Å². The molecule has 1 N–H and O–H groups in total. The van der Waals surface area contributed by atoms with Crippen LogP contribution in [0.2, 0.25) is 0 Å². The third-order valence-corrected chi connectivity index (χ3v) is 5.31. The predicted octanol–water partition coefficient (Wildman–Crippen LogP) is 3.79. The number of amides is 2. The second-order valence-corrected chi connectivity index (χ2v) is 8.11. The van der Waals surface area contributed by atoms with Crippen molar-refractivity contribution in [1.29, 1.82) is 0 Å². The number of carbonyl (C=O) groups is 2. The van der Waals surface area contributed by atoms with Crippen molar-refractivity contribution in [2.75, 3.05) is 33.4 Å². The van der Waals surface area contributed by atoms with E-state index in [1.165, 1.54) is 4.90 Å². The smallest absolute Gasteiger partial charge is 0.409 e. The molecule has 0 aliphatic rings. The molecule has 0 radical (unpaired) electrons. The number of benzene rings is 2. The molecule has 168 valence electrons. The number of halogens is 1. The molecule has 0 unspecified atom stereocenters. The lowest BCUT2D eigenvalue weighted by Gasteiger charge is -2.18. The van der Waals surface area contributed by atoms with Gasteiger partial charge >= 0.3 is 6.09 Å². The fourth-order valence-electron chi connectivity index (χ4n) is 3.12. The Kier molecular flexibility index (Phi) is 8.44. The van der Waals surface area contributed by atoms with Gasteiger partial charge in [0.05, 0.1) is 17.6 Å². The lowest BCUT2D eigenvalue weighted by molar-refractivity contribution is -0.694. The summed E-state index contributed by atoms with van der Waals surface area (Å²) in [5, 5.41) is 4.90. The van der Waals surface area contributed by atoms with Crippen LogP contribution in [0.4, 0.5) is 4.79 Å². The van der Waals surface area contributed by atoms with E-state index in [0.29, 0.717) is 18.7 Å². The quantitative estimate of drug-likeness (QED) is 0.358. The van der Waals surface area contributed by atoms with Gasteiger partial charge < -0.3 is 19.7 Å². The van der Waals surface area contributed by atoms with Gasteiger partial charge in [0.15, 0.2) is 12.4 Å². The number of aromatic nitrogens is 1. The Hall–Kier alpha value is -3.13. The first kappa shape index (κ1) is 23.5. The Labute approximate surface area is 196 Å². The highest BCUT2D eigenvalue weighted by atomic mass is 79.9. The Morgan fingerprint density at radius 2 is 1.88 bits per heavy atom. The molecule has 2 amide bonds. The highest BCUT2D eigenvalue weighted by molar-refractivity contribution is 9.10. The Morgan fingerprint density at radius 1 is 1.09 bits per heavy atom. The number of hydrogen-bond acceptors (Lipinski definition) is 4. The van der Waals surface area contributed by atoms with Gasteiger partial charge in [0.2, 0.25) is 0 Å². The molecule has 7 nitrogen and oxygen atoms in total. The highest BCUT2D eigenvalue weighted by Gasteiger charge is 2.13. The highest BCUT2D eigenvalue weighted by Crippen LogP contribution is 2.24. The van der Waals surface area contributed by atoms with Crippen molar-refractivity contribution in [2.24, 2.45) is 0 Å². The van der Waals surface area contributed by atoms with E-state index in [9.17, 15) is 9.59 Å². The van der Waals surface area contributed by atoms with Gasteiger partial charge in [-0.05, 0) is 40.4 Å². The van der Waals surface area contributed by atoms with Gasteiger partial charge in [0, 0.05) is 12.4 Å².